The maximum atomic E-state index is 13.0. The number of carbonyl (C=O) groups excluding carboxylic acids is 2. The van der Waals surface area contributed by atoms with Crippen LogP contribution in [0.3, 0.4) is 0 Å². The second-order valence-corrected chi connectivity index (χ2v) is 10.7. The van der Waals surface area contributed by atoms with Crippen LogP contribution in [-0.2, 0) is 20.8 Å². The number of alkyl halides is 3. The summed E-state index contributed by atoms with van der Waals surface area (Å²) in [5.41, 5.74) is -0.622. The second kappa shape index (κ2) is 12.0. The molecule has 0 saturated carbocycles. The van der Waals surface area contributed by atoms with Crippen LogP contribution < -0.4 is 10.1 Å². The van der Waals surface area contributed by atoms with Gasteiger partial charge in [0.1, 0.15) is 5.75 Å². The van der Waals surface area contributed by atoms with Crippen molar-refractivity contribution in [3.63, 3.8) is 0 Å². The zero-order chi connectivity index (χ0) is 27.2. The van der Waals surface area contributed by atoms with Crippen LogP contribution in [0.15, 0.2) is 58.8 Å². The van der Waals surface area contributed by atoms with Crippen molar-refractivity contribution in [3.05, 3.63) is 70.1 Å². The Morgan fingerprint density at radius 3 is 2.54 bits per heavy atom. The normalized spacial score (nSPS) is 16.6. The number of carbonyl (C=O) groups is 2. The molecule has 0 bridgehead atoms. The highest BCUT2D eigenvalue weighted by molar-refractivity contribution is 7.94. The first kappa shape index (κ1) is 28.5. The van der Waals surface area contributed by atoms with Crippen LogP contribution in [0.25, 0.3) is 0 Å². The van der Waals surface area contributed by atoms with Crippen LogP contribution >= 0.6 is 11.6 Å². The monoisotopic (exact) mass is 558 g/mol. The van der Waals surface area contributed by atoms with Gasteiger partial charge in [-0.2, -0.15) is 13.2 Å². The van der Waals surface area contributed by atoms with Gasteiger partial charge in [-0.3, -0.25) is 9.59 Å². The summed E-state index contributed by atoms with van der Waals surface area (Å²) < 4.78 is 67.9. The molecule has 2 aromatic carbocycles. The molecule has 0 aliphatic carbocycles. The van der Waals surface area contributed by atoms with Gasteiger partial charge in [-0.05, 0) is 61.7 Å². The Morgan fingerprint density at radius 2 is 1.89 bits per heavy atom. The van der Waals surface area contributed by atoms with Gasteiger partial charge in [-0.25, -0.2) is 8.42 Å². The Hall–Kier alpha value is -3.05. The van der Waals surface area contributed by atoms with E-state index in [1.807, 2.05) is 0 Å². The van der Waals surface area contributed by atoms with Crippen LogP contribution in [0.2, 0.25) is 5.02 Å². The fourth-order valence-electron chi connectivity index (χ4n) is 3.92. The van der Waals surface area contributed by atoms with Crippen molar-refractivity contribution in [3.8, 4) is 5.75 Å². The summed E-state index contributed by atoms with van der Waals surface area (Å²) in [6.07, 6.45) is -1.80. The number of nitrogens with zero attached hydrogens (tertiary/aromatic N) is 1. The van der Waals surface area contributed by atoms with E-state index in [2.05, 4.69) is 5.32 Å². The molecule has 1 atom stereocenters. The molecule has 2 amide bonds. The Kier molecular flexibility index (Phi) is 9.25. The number of ether oxygens (including phenoxy) is 1. The van der Waals surface area contributed by atoms with Crippen LogP contribution in [0.5, 0.6) is 5.75 Å². The molecule has 1 aliphatic rings. The van der Waals surface area contributed by atoms with Crippen LogP contribution in [0.1, 0.15) is 35.2 Å². The summed E-state index contributed by atoms with van der Waals surface area (Å²) >= 11 is 6.03. The molecule has 0 aromatic heterocycles. The molecule has 37 heavy (non-hydrogen) atoms. The van der Waals surface area contributed by atoms with Gasteiger partial charge in [0.25, 0.3) is 5.91 Å². The summed E-state index contributed by atoms with van der Waals surface area (Å²) in [5.74, 6) is -0.579. The van der Waals surface area contributed by atoms with Gasteiger partial charge in [0.2, 0.25) is 5.91 Å². The van der Waals surface area contributed by atoms with E-state index in [-0.39, 0.29) is 36.2 Å². The third-order valence-corrected chi connectivity index (χ3v) is 7.58. The molecule has 1 aliphatic heterocycles. The van der Waals surface area contributed by atoms with Crippen molar-refractivity contribution in [1.82, 2.24) is 10.2 Å². The van der Waals surface area contributed by atoms with E-state index >= 15 is 0 Å². The zero-order valence-corrected chi connectivity index (χ0v) is 21.5. The molecule has 3 rings (SSSR count). The molecular formula is C25H26ClF3N2O5S. The van der Waals surface area contributed by atoms with E-state index in [1.54, 1.807) is 17.0 Å². The lowest BCUT2D eigenvalue weighted by molar-refractivity contribution is -0.137. The minimum absolute atomic E-state index is 0.157. The average Bonchev–Trinajstić information content (AvgIpc) is 2.87. The van der Waals surface area contributed by atoms with Crippen LogP contribution in [0, 0.1) is 5.92 Å². The molecule has 0 spiro atoms. The quantitative estimate of drug-likeness (QED) is 0.474. The van der Waals surface area contributed by atoms with Gasteiger partial charge < -0.3 is 15.0 Å². The zero-order valence-electron chi connectivity index (χ0n) is 19.9. The number of halogens is 4. The first-order valence-electron chi connectivity index (χ1n) is 11.4. The predicted octanol–water partition coefficient (Wildman–Crippen LogP) is 4.71. The third kappa shape index (κ3) is 7.48. The van der Waals surface area contributed by atoms with E-state index < -0.39 is 27.5 Å². The number of rotatable bonds is 8. The van der Waals surface area contributed by atoms with Crippen molar-refractivity contribution < 1.29 is 35.9 Å². The van der Waals surface area contributed by atoms with Crippen molar-refractivity contribution in [2.24, 2.45) is 5.92 Å². The topological polar surface area (TPSA) is 92.8 Å². The largest absolute Gasteiger partial charge is 0.496 e. The van der Waals surface area contributed by atoms with Crippen molar-refractivity contribution in [2.75, 3.05) is 26.7 Å². The lowest BCUT2D eigenvalue weighted by Crippen LogP contribution is -2.45. The Labute approximate surface area is 218 Å². The molecular weight excluding hydrogens is 533 g/mol. The highest BCUT2D eigenvalue weighted by Gasteiger charge is 2.31. The SMILES string of the molecule is COc1ccc(Cl)cc1C(=O)N1CCC[C@H](C(=O)NCC/C=C/S(=O)(=O)c2ccc(C(F)(F)F)cc2)C1. The van der Waals surface area contributed by atoms with E-state index in [9.17, 15) is 31.2 Å². The van der Waals surface area contributed by atoms with Crippen molar-refractivity contribution in [1.29, 1.82) is 0 Å². The van der Waals surface area contributed by atoms with Gasteiger partial charge in [0, 0.05) is 30.1 Å². The number of benzene rings is 2. The molecule has 2 aromatic rings. The Balaban J connectivity index is 1.51. The number of nitrogens with one attached hydrogen (secondary N) is 1. The maximum absolute atomic E-state index is 13.0. The summed E-state index contributed by atoms with van der Waals surface area (Å²) in [6, 6.07) is 7.97. The number of amides is 2. The molecule has 0 unspecified atom stereocenters. The molecule has 1 heterocycles. The first-order chi connectivity index (χ1) is 17.4. The smallest absolute Gasteiger partial charge is 0.416 e. The fraction of sp³-hybridized carbons (Fsp3) is 0.360. The highest BCUT2D eigenvalue weighted by atomic mass is 35.5. The molecule has 12 heteroatoms. The third-order valence-electron chi connectivity index (χ3n) is 5.87. The minimum atomic E-state index is -4.55. The van der Waals surface area contributed by atoms with Crippen molar-refractivity contribution >= 4 is 33.3 Å². The number of likely N-dealkylation sites (tertiary alicyclic amines) is 1. The fourth-order valence-corrected chi connectivity index (χ4v) is 5.16. The summed E-state index contributed by atoms with van der Waals surface area (Å²) in [7, 11) is -2.47. The number of sulfone groups is 1. The number of hydrogen-bond donors (Lipinski definition) is 1. The Morgan fingerprint density at radius 1 is 1.19 bits per heavy atom. The lowest BCUT2D eigenvalue weighted by Gasteiger charge is -2.32. The molecule has 7 nitrogen and oxygen atoms in total. The van der Waals surface area contributed by atoms with E-state index in [0.29, 0.717) is 47.9 Å². The number of piperidine rings is 1. The standard InChI is InChI=1S/C25H26ClF3N2O5S/c1-36-22-11-8-19(26)15-21(22)24(33)31-13-4-5-17(16-31)23(32)30-12-2-3-14-37(34,35)20-9-6-18(7-10-20)25(27,28)29/h3,6-11,14-15,17H,2,4-5,12-13,16H2,1H3,(H,30,32)/b14-3+/t17-/m0/s1. The molecule has 0 radical (unpaired) electrons. The van der Waals surface area contributed by atoms with Crippen LogP contribution in [0.4, 0.5) is 13.2 Å². The minimum Gasteiger partial charge on any atom is -0.496 e. The van der Waals surface area contributed by atoms with Gasteiger partial charge in [0.15, 0.2) is 9.84 Å². The molecule has 200 valence electrons. The van der Waals surface area contributed by atoms with E-state index in [0.717, 1.165) is 17.5 Å². The summed E-state index contributed by atoms with van der Waals surface area (Å²) in [5, 5.41) is 4.04. The van der Waals surface area contributed by atoms with E-state index in [1.165, 1.54) is 19.3 Å². The number of hydrogen-bond acceptors (Lipinski definition) is 5. The second-order valence-electron chi connectivity index (χ2n) is 8.45. The lowest BCUT2D eigenvalue weighted by atomic mass is 9.96. The maximum Gasteiger partial charge on any atom is 0.416 e. The van der Waals surface area contributed by atoms with Gasteiger partial charge in [0.05, 0.1) is 29.1 Å². The molecule has 1 fully saturated rings. The molecule has 1 saturated heterocycles. The van der Waals surface area contributed by atoms with Crippen molar-refractivity contribution in [2.45, 2.75) is 30.3 Å². The first-order valence-corrected chi connectivity index (χ1v) is 13.3. The van der Waals surface area contributed by atoms with Crippen LogP contribution in [-0.4, -0.2) is 51.9 Å². The van der Waals surface area contributed by atoms with Gasteiger partial charge in [-0.1, -0.05) is 17.7 Å². The molecule has 1 N–H and O–H groups in total. The van der Waals surface area contributed by atoms with E-state index in [4.69, 9.17) is 16.3 Å². The summed E-state index contributed by atoms with van der Waals surface area (Å²) in [4.78, 5) is 27.0. The number of methoxy groups -OCH3 is 1. The Bertz CT molecular complexity index is 1260. The van der Waals surface area contributed by atoms with Gasteiger partial charge in [-0.15, -0.1) is 0 Å². The highest BCUT2D eigenvalue weighted by Crippen LogP contribution is 2.30. The summed E-state index contributed by atoms with van der Waals surface area (Å²) in [6.45, 7) is 0.867. The van der Waals surface area contributed by atoms with Gasteiger partial charge >= 0.3 is 6.18 Å². The predicted molar refractivity (Wildman–Crippen MR) is 132 cm³/mol. The average molecular weight is 559 g/mol.